The fourth-order valence-corrected chi connectivity index (χ4v) is 0.966. The molecule has 0 fully saturated rings. The second-order valence-corrected chi connectivity index (χ2v) is 2.47. The average Bonchev–Trinajstić information content (AvgIpc) is 2.66. The van der Waals surface area contributed by atoms with Crippen LogP contribution >= 0.6 is 0 Å². The first-order chi connectivity index (χ1) is 7.07. The predicted molar refractivity (Wildman–Crippen MR) is 49.3 cm³/mol. The zero-order valence-electron chi connectivity index (χ0n) is 8.28. The lowest BCUT2D eigenvalue weighted by Crippen LogP contribution is -2.09. The maximum atomic E-state index is 12.1. The molecule has 0 saturated carbocycles. The molecule has 15 heavy (non-hydrogen) atoms. The number of alkyl halides is 3. The zero-order chi connectivity index (χ0) is 11.5. The molecule has 2 aromatic heterocycles. The van der Waals surface area contributed by atoms with E-state index in [9.17, 15) is 13.2 Å². The van der Waals surface area contributed by atoms with Crippen LogP contribution in [0.2, 0.25) is 0 Å². The minimum atomic E-state index is -4.42. The Morgan fingerprint density at radius 3 is 2.53 bits per heavy atom. The maximum absolute atomic E-state index is 12.1. The van der Waals surface area contributed by atoms with Crippen LogP contribution < -0.4 is 0 Å². The third kappa shape index (κ3) is 2.45. The number of hydrogen-bond donors (Lipinski definition) is 0. The van der Waals surface area contributed by atoms with E-state index < -0.39 is 11.9 Å². The summed E-state index contributed by atoms with van der Waals surface area (Å²) in [5.74, 6) is 0. The van der Waals surface area contributed by atoms with Crippen molar-refractivity contribution in [2.45, 2.75) is 20.0 Å². The summed E-state index contributed by atoms with van der Waals surface area (Å²) >= 11 is 0. The molecule has 82 valence electrons. The van der Waals surface area contributed by atoms with Gasteiger partial charge in [-0.2, -0.15) is 18.3 Å². The maximum Gasteiger partial charge on any atom is 0.434 e. The lowest BCUT2D eigenvalue weighted by atomic mass is 10.4. The van der Waals surface area contributed by atoms with Crippen LogP contribution in [0.3, 0.4) is 0 Å². The van der Waals surface area contributed by atoms with E-state index in [1.165, 1.54) is 6.20 Å². The minimum Gasteiger partial charge on any atom is -0.248 e. The van der Waals surface area contributed by atoms with E-state index in [-0.39, 0.29) is 0 Å². The molecule has 0 aliphatic heterocycles. The predicted octanol–water partition coefficient (Wildman–Crippen LogP) is 2.77. The van der Waals surface area contributed by atoms with Gasteiger partial charge in [0, 0.05) is 0 Å². The molecule has 0 radical (unpaired) electrons. The Labute approximate surface area is 84.6 Å². The van der Waals surface area contributed by atoms with Crippen LogP contribution in [0.1, 0.15) is 19.5 Å². The molecule has 0 aliphatic rings. The van der Waals surface area contributed by atoms with Crippen molar-refractivity contribution in [3.8, 4) is 0 Å². The molecule has 0 unspecified atom stereocenters. The van der Waals surface area contributed by atoms with Gasteiger partial charge in [0.05, 0.1) is 24.1 Å². The Morgan fingerprint density at radius 2 is 1.93 bits per heavy atom. The van der Waals surface area contributed by atoms with Crippen LogP contribution in [0, 0.1) is 0 Å². The van der Waals surface area contributed by atoms with Crippen molar-refractivity contribution in [1.29, 1.82) is 0 Å². The van der Waals surface area contributed by atoms with E-state index in [1.807, 2.05) is 13.8 Å². The molecule has 6 heteroatoms. The first-order valence-corrected chi connectivity index (χ1v) is 4.44. The van der Waals surface area contributed by atoms with E-state index in [2.05, 4.69) is 10.1 Å². The first kappa shape index (κ1) is 11.5. The SMILES string of the molecule is CC.FC(F)(F)c1cn2nccc2cn1. The van der Waals surface area contributed by atoms with Crippen molar-refractivity contribution in [2.75, 3.05) is 0 Å². The van der Waals surface area contributed by atoms with Crippen molar-refractivity contribution in [1.82, 2.24) is 14.6 Å². The summed E-state index contributed by atoms with van der Waals surface area (Å²) in [7, 11) is 0. The molecule has 3 nitrogen and oxygen atoms in total. The van der Waals surface area contributed by atoms with Crippen molar-refractivity contribution < 1.29 is 13.2 Å². The molecule has 0 saturated heterocycles. The smallest absolute Gasteiger partial charge is 0.248 e. The molecule has 2 heterocycles. The second-order valence-electron chi connectivity index (χ2n) is 2.47. The molecular weight excluding hydrogens is 207 g/mol. The van der Waals surface area contributed by atoms with E-state index in [0.717, 1.165) is 16.9 Å². The zero-order valence-corrected chi connectivity index (χ0v) is 8.28. The molecular formula is C9H10F3N3. The van der Waals surface area contributed by atoms with Gasteiger partial charge in [0.25, 0.3) is 0 Å². The van der Waals surface area contributed by atoms with E-state index in [4.69, 9.17) is 0 Å². The molecule has 0 spiro atoms. The largest absolute Gasteiger partial charge is 0.434 e. The van der Waals surface area contributed by atoms with Crippen molar-refractivity contribution >= 4 is 5.52 Å². The van der Waals surface area contributed by atoms with Gasteiger partial charge in [0.2, 0.25) is 0 Å². The highest BCUT2D eigenvalue weighted by molar-refractivity contribution is 5.42. The van der Waals surface area contributed by atoms with Crippen LogP contribution in [0.4, 0.5) is 13.2 Å². The molecule has 0 aliphatic carbocycles. The Balaban J connectivity index is 0.000000531. The third-order valence-electron chi connectivity index (χ3n) is 1.57. The molecule has 0 N–H and O–H groups in total. The van der Waals surface area contributed by atoms with Crippen molar-refractivity contribution in [3.63, 3.8) is 0 Å². The Morgan fingerprint density at radius 1 is 1.27 bits per heavy atom. The van der Waals surface area contributed by atoms with Gasteiger partial charge in [-0.05, 0) is 6.07 Å². The van der Waals surface area contributed by atoms with Gasteiger partial charge >= 0.3 is 6.18 Å². The third-order valence-corrected chi connectivity index (χ3v) is 1.57. The molecule has 0 amide bonds. The first-order valence-electron chi connectivity index (χ1n) is 4.44. The van der Waals surface area contributed by atoms with Crippen molar-refractivity contribution in [3.05, 3.63) is 30.4 Å². The average molecular weight is 217 g/mol. The Kier molecular flexibility index (Phi) is 3.28. The highest BCUT2D eigenvalue weighted by Gasteiger charge is 2.32. The highest BCUT2D eigenvalue weighted by atomic mass is 19.4. The summed E-state index contributed by atoms with van der Waals surface area (Å²) in [5, 5.41) is 3.67. The highest BCUT2D eigenvalue weighted by Crippen LogP contribution is 2.26. The van der Waals surface area contributed by atoms with Gasteiger partial charge in [0.15, 0.2) is 5.69 Å². The van der Waals surface area contributed by atoms with Crippen LogP contribution in [-0.2, 0) is 6.18 Å². The minimum absolute atomic E-state index is 0.535. The fraction of sp³-hybridized carbons (Fsp3) is 0.333. The van der Waals surface area contributed by atoms with Crippen LogP contribution in [0.5, 0.6) is 0 Å². The number of halogens is 3. The molecule has 0 aromatic carbocycles. The lowest BCUT2D eigenvalue weighted by Gasteiger charge is -2.04. The summed E-state index contributed by atoms with van der Waals surface area (Å²) in [6, 6.07) is 1.58. The molecule has 2 aromatic rings. The molecule has 2 rings (SSSR count). The standard InChI is InChI=1S/C7H4F3N3.C2H6/c8-7(9,10)6-4-13-5(3-11-6)1-2-12-13;1-2/h1-4H;1-2H3. The summed E-state index contributed by atoms with van der Waals surface area (Å²) < 4.78 is 37.5. The summed E-state index contributed by atoms with van der Waals surface area (Å²) in [6.07, 6.45) is -1.01. The second kappa shape index (κ2) is 4.29. The van der Waals surface area contributed by atoms with Crippen LogP contribution in [-0.4, -0.2) is 14.6 Å². The number of rotatable bonds is 0. The monoisotopic (exact) mass is 217 g/mol. The molecule has 0 bridgehead atoms. The van der Waals surface area contributed by atoms with Gasteiger partial charge in [-0.3, -0.25) is 0 Å². The quantitative estimate of drug-likeness (QED) is 0.679. The number of nitrogens with zero attached hydrogens (tertiary/aromatic N) is 3. The van der Waals surface area contributed by atoms with Crippen LogP contribution in [0.25, 0.3) is 5.52 Å². The summed E-state index contributed by atoms with van der Waals surface area (Å²) in [6.45, 7) is 4.00. The van der Waals surface area contributed by atoms with Gasteiger partial charge in [0.1, 0.15) is 0 Å². The number of aromatic nitrogens is 3. The van der Waals surface area contributed by atoms with Gasteiger partial charge in [-0.15, -0.1) is 0 Å². The number of hydrogen-bond acceptors (Lipinski definition) is 2. The van der Waals surface area contributed by atoms with Gasteiger partial charge < -0.3 is 0 Å². The van der Waals surface area contributed by atoms with E-state index in [1.54, 1.807) is 6.07 Å². The number of fused-ring (bicyclic) bond motifs is 1. The van der Waals surface area contributed by atoms with Crippen LogP contribution in [0.15, 0.2) is 24.7 Å². The van der Waals surface area contributed by atoms with E-state index in [0.29, 0.717) is 5.52 Å². The van der Waals surface area contributed by atoms with Crippen molar-refractivity contribution in [2.24, 2.45) is 0 Å². The Hall–Kier alpha value is -1.59. The summed E-state index contributed by atoms with van der Waals surface area (Å²) in [4.78, 5) is 3.26. The van der Waals surface area contributed by atoms with Gasteiger partial charge in [-0.1, -0.05) is 13.8 Å². The molecule has 0 atom stereocenters. The lowest BCUT2D eigenvalue weighted by molar-refractivity contribution is -0.141. The van der Waals surface area contributed by atoms with E-state index >= 15 is 0 Å². The topological polar surface area (TPSA) is 30.2 Å². The Bertz CT molecular complexity index is 433. The normalized spacial score (nSPS) is 11.0. The fourth-order valence-electron chi connectivity index (χ4n) is 0.966. The van der Waals surface area contributed by atoms with Gasteiger partial charge in [-0.25, -0.2) is 9.50 Å². The summed E-state index contributed by atoms with van der Waals surface area (Å²) in [5.41, 5.74) is -0.406.